The van der Waals surface area contributed by atoms with Crippen molar-refractivity contribution in [2.24, 2.45) is 0 Å². The highest BCUT2D eigenvalue weighted by Gasteiger charge is 2.49. The minimum atomic E-state index is -0.162. The number of hydrogen-bond donors (Lipinski definition) is 0. The maximum atomic E-state index is 11.7. The predicted molar refractivity (Wildman–Crippen MR) is 96.0 cm³/mol. The summed E-state index contributed by atoms with van der Waals surface area (Å²) in [5.74, 6) is 2.15. The van der Waals surface area contributed by atoms with Gasteiger partial charge in [0.15, 0.2) is 11.5 Å². The molecule has 0 radical (unpaired) electrons. The third-order valence-electron chi connectivity index (χ3n) is 5.66. The third-order valence-corrected chi connectivity index (χ3v) is 5.66. The molecule has 3 rings (SSSR count). The van der Waals surface area contributed by atoms with Gasteiger partial charge in [-0.2, -0.15) is 0 Å². The Kier molecular flexibility index (Phi) is 5.04. The summed E-state index contributed by atoms with van der Waals surface area (Å²) in [6.07, 6.45) is 5.20. The van der Waals surface area contributed by atoms with Crippen LogP contribution in [-0.4, -0.2) is 44.7 Å². The van der Waals surface area contributed by atoms with E-state index in [1.807, 2.05) is 13.0 Å². The maximum absolute atomic E-state index is 11.7. The van der Waals surface area contributed by atoms with Gasteiger partial charge in [-0.1, -0.05) is 13.0 Å². The number of benzene rings is 1. The summed E-state index contributed by atoms with van der Waals surface area (Å²) in [7, 11) is 5.47. The molecule has 0 N–H and O–H groups in total. The van der Waals surface area contributed by atoms with Gasteiger partial charge in [0.2, 0.25) is 0 Å². The summed E-state index contributed by atoms with van der Waals surface area (Å²) in [5.41, 5.74) is 1.28. The molecule has 0 unspecified atom stereocenters. The van der Waals surface area contributed by atoms with Crippen molar-refractivity contribution in [2.45, 2.75) is 44.1 Å². The molecular weight excluding hydrogens is 318 g/mol. The smallest absolute Gasteiger partial charge is 0.310 e. The SMILES string of the molecule is CCC(=O)OC1=CC[C@@]2(c3ccc(OC)c(OC)c3)CCN(C)[C@H]2C1. The number of carbonyl (C=O) groups excluding carboxylic acids is 1. The van der Waals surface area contributed by atoms with E-state index < -0.39 is 0 Å². The highest BCUT2D eigenvalue weighted by molar-refractivity contribution is 5.70. The van der Waals surface area contributed by atoms with Crippen LogP contribution in [0.1, 0.15) is 38.2 Å². The van der Waals surface area contributed by atoms with Crippen LogP contribution in [0.3, 0.4) is 0 Å². The average molecular weight is 345 g/mol. The molecule has 0 aromatic heterocycles. The zero-order chi connectivity index (χ0) is 18.0. The molecule has 2 aliphatic rings. The first kappa shape index (κ1) is 17.8. The van der Waals surface area contributed by atoms with Gasteiger partial charge in [-0.15, -0.1) is 0 Å². The topological polar surface area (TPSA) is 48.0 Å². The lowest BCUT2D eigenvalue weighted by molar-refractivity contribution is -0.139. The highest BCUT2D eigenvalue weighted by atomic mass is 16.5. The monoisotopic (exact) mass is 345 g/mol. The molecule has 0 amide bonds. The van der Waals surface area contributed by atoms with Gasteiger partial charge in [-0.3, -0.25) is 4.79 Å². The molecule has 0 spiro atoms. The quantitative estimate of drug-likeness (QED) is 0.767. The van der Waals surface area contributed by atoms with E-state index in [1.165, 1.54) is 5.56 Å². The Morgan fingerprint density at radius 1 is 1.28 bits per heavy atom. The molecule has 1 aromatic carbocycles. The van der Waals surface area contributed by atoms with Crippen molar-refractivity contribution in [3.63, 3.8) is 0 Å². The minimum absolute atomic E-state index is 0.0242. The fourth-order valence-electron chi connectivity index (χ4n) is 4.18. The number of rotatable bonds is 5. The van der Waals surface area contributed by atoms with E-state index in [0.717, 1.165) is 43.1 Å². The van der Waals surface area contributed by atoms with Gasteiger partial charge in [0.25, 0.3) is 0 Å². The van der Waals surface area contributed by atoms with Crippen LogP contribution in [0.2, 0.25) is 0 Å². The van der Waals surface area contributed by atoms with Crippen LogP contribution in [0.4, 0.5) is 0 Å². The second kappa shape index (κ2) is 7.08. The first-order valence-electron chi connectivity index (χ1n) is 8.86. The molecule has 25 heavy (non-hydrogen) atoms. The maximum Gasteiger partial charge on any atom is 0.310 e. The van der Waals surface area contributed by atoms with Crippen LogP contribution in [0.5, 0.6) is 11.5 Å². The first-order chi connectivity index (χ1) is 12.0. The molecule has 5 nitrogen and oxygen atoms in total. The lowest BCUT2D eigenvalue weighted by atomic mass is 9.68. The average Bonchev–Trinajstić information content (AvgIpc) is 2.98. The van der Waals surface area contributed by atoms with E-state index >= 15 is 0 Å². The zero-order valence-corrected chi connectivity index (χ0v) is 15.5. The van der Waals surface area contributed by atoms with E-state index in [-0.39, 0.29) is 11.4 Å². The molecular formula is C20H27NO4. The largest absolute Gasteiger partial charge is 0.493 e. The van der Waals surface area contributed by atoms with Crippen molar-refractivity contribution in [1.82, 2.24) is 4.90 Å². The van der Waals surface area contributed by atoms with Crippen LogP contribution in [0.15, 0.2) is 30.0 Å². The summed E-state index contributed by atoms with van der Waals surface area (Å²) in [6, 6.07) is 6.54. The first-order valence-corrected chi connectivity index (χ1v) is 8.86. The second-order valence-corrected chi connectivity index (χ2v) is 6.88. The second-order valence-electron chi connectivity index (χ2n) is 6.88. The summed E-state index contributed by atoms with van der Waals surface area (Å²) in [4.78, 5) is 14.0. The number of fused-ring (bicyclic) bond motifs is 1. The van der Waals surface area contributed by atoms with Gasteiger partial charge < -0.3 is 19.1 Å². The number of methoxy groups -OCH3 is 2. The predicted octanol–water partition coefficient (Wildman–Crippen LogP) is 3.28. The van der Waals surface area contributed by atoms with E-state index in [4.69, 9.17) is 14.2 Å². The lowest BCUT2D eigenvalue weighted by Crippen LogP contribution is -2.43. The number of nitrogens with zero attached hydrogens (tertiary/aromatic N) is 1. The molecule has 136 valence electrons. The number of likely N-dealkylation sites (N-methyl/N-ethyl adjacent to an activating group) is 1. The van der Waals surface area contributed by atoms with Gasteiger partial charge in [0.1, 0.15) is 5.76 Å². The number of hydrogen-bond acceptors (Lipinski definition) is 5. The van der Waals surface area contributed by atoms with Gasteiger partial charge >= 0.3 is 5.97 Å². The Balaban J connectivity index is 1.95. The molecule has 0 saturated carbocycles. The van der Waals surface area contributed by atoms with E-state index in [1.54, 1.807) is 14.2 Å². The van der Waals surface area contributed by atoms with E-state index in [2.05, 4.69) is 30.2 Å². The van der Waals surface area contributed by atoms with Gasteiger partial charge in [-0.05, 0) is 50.2 Å². The van der Waals surface area contributed by atoms with Crippen molar-refractivity contribution in [2.75, 3.05) is 27.8 Å². The third kappa shape index (κ3) is 3.13. The molecule has 2 atom stereocenters. The van der Waals surface area contributed by atoms with Gasteiger partial charge in [0, 0.05) is 24.3 Å². The van der Waals surface area contributed by atoms with Crippen LogP contribution < -0.4 is 9.47 Å². The summed E-state index contributed by atoms with van der Waals surface area (Å²) in [5, 5.41) is 0. The van der Waals surface area contributed by atoms with E-state index in [9.17, 15) is 4.79 Å². The highest BCUT2D eigenvalue weighted by Crippen LogP contribution is 2.49. The van der Waals surface area contributed by atoms with Crippen LogP contribution >= 0.6 is 0 Å². The number of esters is 1. The molecule has 0 bridgehead atoms. The standard InChI is InChI=1S/C20H27NO4/c1-5-19(22)25-15-8-9-20(10-11-21(2)18(20)13-15)14-6-7-16(23-3)17(12-14)24-4/h6-8,12,18H,5,9-11,13H2,1-4H3/t18-,20-/m0/s1. The van der Waals surface area contributed by atoms with Gasteiger partial charge in [-0.25, -0.2) is 0 Å². The number of carbonyl (C=O) groups is 1. The van der Waals surface area contributed by atoms with Crippen molar-refractivity contribution in [3.8, 4) is 11.5 Å². The minimum Gasteiger partial charge on any atom is -0.493 e. The lowest BCUT2D eigenvalue weighted by Gasteiger charge is -2.40. The fourth-order valence-corrected chi connectivity index (χ4v) is 4.18. The number of ether oxygens (including phenoxy) is 3. The van der Waals surface area contributed by atoms with Gasteiger partial charge in [0.05, 0.1) is 14.2 Å². The van der Waals surface area contributed by atoms with Crippen LogP contribution in [-0.2, 0) is 14.9 Å². The normalized spacial score (nSPS) is 25.9. The van der Waals surface area contributed by atoms with Crippen molar-refractivity contribution >= 4 is 5.97 Å². The Morgan fingerprint density at radius 3 is 2.72 bits per heavy atom. The Labute approximate surface area is 149 Å². The molecule has 1 saturated heterocycles. The fraction of sp³-hybridized carbons (Fsp3) is 0.550. The molecule has 1 aromatic rings. The molecule has 1 heterocycles. The van der Waals surface area contributed by atoms with E-state index in [0.29, 0.717) is 12.5 Å². The Morgan fingerprint density at radius 2 is 2.04 bits per heavy atom. The molecule has 1 fully saturated rings. The summed E-state index contributed by atoms with van der Waals surface area (Å²) in [6.45, 7) is 2.85. The zero-order valence-electron chi connectivity index (χ0n) is 15.5. The summed E-state index contributed by atoms with van der Waals surface area (Å²) < 4.78 is 16.4. The number of allylic oxidation sites excluding steroid dienone is 1. The Hall–Kier alpha value is -2.01. The number of likely N-dealkylation sites (tertiary alicyclic amines) is 1. The van der Waals surface area contributed by atoms with Crippen molar-refractivity contribution < 1.29 is 19.0 Å². The summed E-state index contributed by atoms with van der Waals surface area (Å²) >= 11 is 0. The molecule has 1 aliphatic heterocycles. The van der Waals surface area contributed by atoms with Crippen LogP contribution in [0, 0.1) is 0 Å². The van der Waals surface area contributed by atoms with Crippen molar-refractivity contribution in [3.05, 3.63) is 35.6 Å². The van der Waals surface area contributed by atoms with Crippen molar-refractivity contribution in [1.29, 1.82) is 0 Å². The Bertz CT molecular complexity index is 684. The molecule has 1 aliphatic carbocycles. The molecule has 5 heteroatoms. The van der Waals surface area contributed by atoms with Crippen LogP contribution in [0.25, 0.3) is 0 Å².